The van der Waals surface area contributed by atoms with Gasteiger partial charge in [0.2, 0.25) is 0 Å². The van der Waals surface area contributed by atoms with Crippen molar-refractivity contribution >= 4 is 12.0 Å². The van der Waals surface area contributed by atoms with Crippen LogP contribution in [0, 0.1) is 0 Å². The monoisotopic (exact) mass is 287 g/mol. The van der Waals surface area contributed by atoms with Gasteiger partial charge in [0, 0.05) is 38.8 Å². The number of rotatable bonds is 9. The Hall–Kier alpha value is -1.34. The van der Waals surface area contributed by atoms with Gasteiger partial charge in [-0.05, 0) is 26.8 Å². The van der Waals surface area contributed by atoms with Gasteiger partial charge in [0.15, 0.2) is 0 Å². The van der Waals surface area contributed by atoms with Crippen molar-refractivity contribution in [2.45, 2.75) is 44.3 Å². The number of carbonyl (C=O) groups is 2. The Kier molecular flexibility index (Phi) is 6.74. The SMILES string of the molecule is COCCC(NC(=O)NCC(C)N(C)C1CC1)C(=O)O. The Morgan fingerprint density at radius 1 is 1.45 bits per heavy atom. The molecule has 0 aromatic heterocycles. The highest BCUT2D eigenvalue weighted by Crippen LogP contribution is 2.26. The fourth-order valence-corrected chi connectivity index (χ4v) is 1.93. The van der Waals surface area contributed by atoms with Gasteiger partial charge in [-0.1, -0.05) is 0 Å². The number of likely N-dealkylation sites (N-methyl/N-ethyl adjacent to an activating group) is 1. The minimum Gasteiger partial charge on any atom is -0.480 e. The second kappa shape index (κ2) is 8.06. The molecule has 0 spiro atoms. The van der Waals surface area contributed by atoms with Gasteiger partial charge in [0.25, 0.3) is 0 Å². The Labute approximate surface area is 119 Å². The Morgan fingerprint density at radius 3 is 2.60 bits per heavy atom. The number of nitrogens with zero attached hydrogens (tertiary/aromatic N) is 1. The number of urea groups is 1. The van der Waals surface area contributed by atoms with Crippen molar-refractivity contribution < 1.29 is 19.4 Å². The van der Waals surface area contributed by atoms with Gasteiger partial charge in [-0.3, -0.25) is 4.90 Å². The molecular formula is C13H25N3O4. The van der Waals surface area contributed by atoms with E-state index in [4.69, 9.17) is 9.84 Å². The summed E-state index contributed by atoms with van der Waals surface area (Å²) in [6.07, 6.45) is 2.67. The number of hydrogen-bond acceptors (Lipinski definition) is 4. The summed E-state index contributed by atoms with van der Waals surface area (Å²) < 4.78 is 4.83. The number of hydrogen-bond donors (Lipinski definition) is 3. The van der Waals surface area contributed by atoms with Gasteiger partial charge in [0.05, 0.1) is 0 Å². The highest BCUT2D eigenvalue weighted by atomic mass is 16.5. The Bertz CT molecular complexity index is 334. The second-order valence-corrected chi connectivity index (χ2v) is 5.27. The number of aliphatic carboxylic acids is 1. The zero-order valence-electron chi connectivity index (χ0n) is 12.4. The maximum absolute atomic E-state index is 11.7. The molecule has 2 atom stereocenters. The molecule has 7 nitrogen and oxygen atoms in total. The zero-order chi connectivity index (χ0) is 15.1. The maximum Gasteiger partial charge on any atom is 0.326 e. The number of nitrogens with one attached hydrogen (secondary N) is 2. The number of ether oxygens (including phenoxy) is 1. The lowest BCUT2D eigenvalue weighted by atomic mass is 10.2. The molecule has 0 bridgehead atoms. The van der Waals surface area contributed by atoms with E-state index in [0.717, 1.165) is 0 Å². The molecule has 2 unspecified atom stereocenters. The number of carboxylic acid groups (broad SMARTS) is 1. The lowest BCUT2D eigenvalue weighted by Crippen LogP contribution is -2.49. The van der Waals surface area contributed by atoms with Crippen molar-refractivity contribution in [3.63, 3.8) is 0 Å². The van der Waals surface area contributed by atoms with Crippen LogP contribution < -0.4 is 10.6 Å². The van der Waals surface area contributed by atoms with Crippen LogP contribution in [0.25, 0.3) is 0 Å². The van der Waals surface area contributed by atoms with Crippen LogP contribution in [0.4, 0.5) is 4.79 Å². The molecule has 0 radical (unpaired) electrons. The van der Waals surface area contributed by atoms with Crippen LogP contribution in [0.1, 0.15) is 26.2 Å². The molecule has 7 heteroatoms. The summed E-state index contributed by atoms with van der Waals surface area (Å²) in [5.74, 6) is -1.06. The third-order valence-corrected chi connectivity index (χ3v) is 3.59. The van der Waals surface area contributed by atoms with E-state index >= 15 is 0 Å². The van der Waals surface area contributed by atoms with E-state index in [1.807, 2.05) is 14.0 Å². The smallest absolute Gasteiger partial charge is 0.326 e. The molecule has 1 fully saturated rings. The highest BCUT2D eigenvalue weighted by Gasteiger charge is 2.29. The first-order chi connectivity index (χ1) is 9.45. The van der Waals surface area contributed by atoms with E-state index in [-0.39, 0.29) is 19.1 Å². The average Bonchev–Trinajstić information content (AvgIpc) is 3.23. The third kappa shape index (κ3) is 5.75. The van der Waals surface area contributed by atoms with E-state index in [2.05, 4.69) is 15.5 Å². The number of methoxy groups -OCH3 is 1. The fraction of sp³-hybridized carbons (Fsp3) is 0.846. The van der Waals surface area contributed by atoms with Crippen LogP contribution in [0.2, 0.25) is 0 Å². The minimum absolute atomic E-state index is 0.232. The molecule has 116 valence electrons. The van der Waals surface area contributed by atoms with E-state index in [1.54, 1.807) is 0 Å². The molecule has 2 amide bonds. The average molecular weight is 287 g/mol. The summed E-state index contributed by atoms with van der Waals surface area (Å²) in [6.45, 7) is 2.83. The molecule has 20 heavy (non-hydrogen) atoms. The largest absolute Gasteiger partial charge is 0.480 e. The first kappa shape index (κ1) is 16.7. The standard InChI is InChI=1S/C13H25N3O4/c1-9(16(2)10-4-5-10)8-14-13(19)15-11(12(17)18)6-7-20-3/h9-11H,4-8H2,1-3H3,(H,17,18)(H2,14,15,19). The van der Waals surface area contributed by atoms with Crippen LogP contribution in [0.15, 0.2) is 0 Å². The Balaban J connectivity index is 2.27. The lowest BCUT2D eigenvalue weighted by molar-refractivity contribution is -0.139. The molecule has 0 aromatic carbocycles. The lowest BCUT2D eigenvalue weighted by Gasteiger charge is -2.25. The fourth-order valence-electron chi connectivity index (χ4n) is 1.93. The van der Waals surface area contributed by atoms with Gasteiger partial charge in [-0.25, -0.2) is 9.59 Å². The van der Waals surface area contributed by atoms with Crippen molar-refractivity contribution in [2.75, 3.05) is 27.3 Å². The molecule has 1 aliphatic carbocycles. The normalized spacial score (nSPS) is 17.6. The van der Waals surface area contributed by atoms with E-state index in [9.17, 15) is 9.59 Å². The van der Waals surface area contributed by atoms with E-state index in [1.165, 1.54) is 20.0 Å². The van der Waals surface area contributed by atoms with Crippen molar-refractivity contribution in [1.29, 1.82) is 0 Å². The van der Waals surface area contributed by atoms with Crippen LogP contribution in [0.3, 0.4) is 0 Å². The molecular weight excluding hydrogens is 262 g/mol. The van der Waals surface area contributed by atoms with Gasteiger partial charge in [-0.15, -0.1) is 0 Å². The Morgan fingerprint density at radius 2 is 2.10 bits per heavy atom. The van der Waals surface area contributed by atoms with E-state index < -0.39 is 18.0 Å². The predicted molar refractivity (Wildman–Crippen MR) is 74.7 cm³/mol. The third-order valence-electron chi connectivity index (χ3n) is 3.59. The van der Waals surface area contributed by atoms with Crippen molar-refractivity contribution in [2.24, 2.45) is 0 Å². The van der Waals surface area contributed by atoms with Gasteiger partial charge in [0.1, 0.15) is 6.04 Å². The molecule has 0 heterocycles. The van der Waals surface area contributed by atoms with Crippen LogP contribution in [0.5, 0.6) is 0 Å². The zero-order valence-corrected chi connectivity index (χ0v) is 12.4. The minimum atomic E-state index is -1.06. The van der Waals surface area contributed by atoms with Gasteiger partial charge in [-0.2, -0.15) is 0 Å². The quantitative estimate of drug-likeness (QED) is 0.566. The molecule has 1 rings (SSSR count). The molecule has 1 aliphatic rings. The molecule has 0 aliphatic heterocycles. The highest BCUT2D eigenvalue weighted by molar-refractivity contribution is 5.82. The van der Waals surface area contributed by atoms with Crippen molar-refractivity contribution in [1.82, 2.24) is 15.5 Å². The topological polar surface area (TPSA) is 90.9 Å². The van der Waals surface area contributed by atoms with Crippen molar-refractivity contribution in [3.8, 4) is 0 Å². The first-order valence-corrected chi connectivity index (χ1v) is 6.93. The molecule has 0 aromatic rings. The van der Waals surface area contributed by atoms with Crippen LogP contribution in [-0.4, -0.2) is 67.4 Å². The first-order valence-electron chi connectivity index (χ1n) is 6.93. The van der Waals surface area contributed by atoms with Crippen LogP contribution in [-0.2, 0) is 9.53 Å². The molecule has 0 saturated heterocycles. The summed E-state index contributed by atoms with van der Waals surface area (Å²) in [5, 5.41) is 14.1. The maximum atomic E-state index is 11.7. The van der Waals surface area contributed by atoms with Gasteiger partial charge < -0.3 is 20.5 Å². The summed E-state index contributed by atoms with van der Waals surface area (Å²) in [4.78, 5) is 24.9. The van der Waals surface area contributed by atoms with Crippen molar-refractivity contribution in [3.05, 3.63) is 0 Å². The molecule has 3 N–H and O–H groups in total. The number of amides is 2. The summed E-state index contributed by atoms with van der Waals surface area (Å²) >= 11 is 0. The van der Waals surface area contributed by atoms with Crippen LogP contribution >= 0.6 is 0 Å². The summed E-state index contributed by atoms with van der Waals surface area (Å²) in [5.41, 5.74) is 0. The summed E-state index contributed by atoms with van der Waals surface area (Å²) in [6, 6.07) is -0.519. The van der Waals surface area contributed by atoms with Gasteiger partial charge >= 0.3 is 12.0 Å². The van der Waals surface area contributed by atoms with E-state index in [0.29, 0.717) is 12.6 Å². The molecule has 1 saturated carbocycles. The number of carboxylic acids is 1. The summed E-state index contributed by atoms with van der Waals surface area (Å²) in [7, 11) is 3.54. The predicted octanol–water partition coefficient (Wildman–Crippen LogP) is 0.258. The second-order valence-electron chi connectivity index (χ2n) is 5.27. The number of carbonyl (C=O) groups excluding carboxylic acids is 1.